The van der Waals surface area contributed by atoms with Crippen molar-refractivity contribution in [2.24, 2.45) is 0 Å². The van der Waals surface area contributed by atoms with E-state index in [1.807, 2.05) is 18.2 Å². The van der Waals surface area contributed by atoms with Crippen LogP contribution in [0.2, 0.25) is 0 Å². The average molecular weight is 202 g/mol. The van der Waals surface area contributed by atoms with Crippen LogP contribution < -0.4 is 5.73 Å². The molecule has 0 aliphatic rings. The van der Waals surface area contributed by atoms with Crippen LogP contribution in [0.5, 0.6) is 0 Å². The number of anilines is 1. The summed E-state index contributed by atoms with van der Waals surface area (Å²) < 4.78 is 5.33. The number of rotatable bonds is 2. The normalized spacial score (nSPS) is 10.9. The molecule has 0 aliphatic heterocycles. The van der Waals surface area contributed by atoms with Gasteiger partial charge < -0.3 is 10.2 Å². The van der Waals surface area contributed by atoms with Crippen molar-refractivity contribution in [3.8, 4) is 11.3 Å². The maximum atomic E-state index is 5.46. The lowest BCUT2D eigenvalue weighted by molar-refractivity contribution is 0.593. The summed E-state index contributed by atoms with van der Waals surface area (Å²) >= 11 is 0. The Morgan fingerprint density at radius 3 is 2.60 bits per heavy atom. The molecule has 1 aromatic heterocycles. The summed E-state index contributed by atoms with van der Waals surface area (Å²) in [6, 6.07) is 8.34. The van der Waals surface area contributed by atoms with Crippen molar-refractivity contribution in [2.75, 3.05) is 5.73 Å². The molecule has 0 amide bonds. The minimum atomic E-state index is 0.212. The van der Waals surface area contributed by atoms with Crippen molar-refractivity contribution in [2.45, 2.75) is 19.8 Å². The van der Waals surface area contributed by atoms with E-state index < -0.39 is 0 Å². The van der Waals surface area contributed by atoms with Gasteiger partial charge in [-0.15, -0.1) is 0 Å². The number of hydrogen-bond donors (Lipinski definition) is 1. The van der Waals surface area contributed by atoms with E-state index >= 15 is 0 Å². The smallest absolute Gasteiger partial charge is 0.292 e. The van der Waals surface area contributed by atoms with Crippen LogP contribution in [0.25, 0.3) is 11.3 Å². The minimum absolute atomic E-state index is 0.212. The largest absolute Gasteiger partial charge is 0.424 e. The molecule has 0 atom stereocenters. The Kier molecular flexibility index (Phi) is 2.46. The van der Waals surface area contributed by atoms with Gasteiger partial charge in [0.15, 0.2) is 5.76 Å². The second-order valence-corrected chi connectivity index (χ2v) is 3.80. The Labute approximate surface area is 88.9 Å². The SMILES string of the molecule is CC(C)c1ccccc1-c1cnc(N)o1. The molecule has 15 heavy (non-hydrogen) atoms. The molecule has 0 fully saturated rings. The third kappa shape index (κ3) is 1.86. The van der Waals surface area contributed by atoms with Gasteiger partial charge in [-0.3, -0.25) is 0 Å². The molecule has 0 saturated heterocycles. The highest BCUT2D eigenvalue weighted by Gasteiger charge is 2.11. The Morgan fingerprint density at radius 2 is 2.00 bits per heavy atom. The van der Waals surface area contributed by atoms with Gasteiger partial charge in [0.05, 0.1) is 6.20 Å². The lowest BCUT2D eigenvalue weighted by atomic mass is 9.96. The van der Waals surface area contributed by atoms with Gasteiger partial charge in [0.25, 0.3) is 6.01 Å². The van der Waals surface area contributed by atoms with Crippen LogP contribution in [0.3, 0.4) is 0 Å². The Morgan fingerprint density at radius 1 is 1.27 bits per heavy atom. The van der Waals surface area contributed by atoms with Gasteiger partial charge >= 0.3 is 0 Å². The fourth-order valence-electron chi connectivity index (χ4n) is 1.64. The molecule has 0 saturated carbocycles. The van der Waals surface area contributed by atoms with Gasteiger partial charge in [-0.1, -0.05) is 38.1 Å². The first-order valence-corrected chi connectivity index (χ1v) is 4.99. The number of nitrogens with two attached hydrogens (primary N) is 1. The molecule has 0 radical (unpaired) electrons. The van der Waals surface area contributed by atoms with Gasteiger partial charge in [-0.25, -0.2) is 4.98 Å². The van der Waals surface area contributed by atoms with Crippen molar-refractivity contribution in [3.63, 3.8) is 0 Å². The summed E-state index contributed by atoms with van der Waals surface area (Å²) in [4.78, 5) is 3.90. The van der Waals surface area contributed by atoms with E-state index in [4.69, 9.17) is 10.2 Å². The van der Waals surface area contributed by atoms with Crippen molar-refractivity contribution < 1.29 is 4.42 Å². The van der Waals surface area contributed by atoms with Crippen LogP contribution in [0.4, 0.5) is 6.01 Å². The predicted octanol–water partition coefficient (Wildman–Crippen LogP) is 3.05. The monoisotopic (exact) mass is 202 g/mol. The van der Waals surface area contributed by atoms with Crippen LogP contribution in [0.15, 0.2) is 34.9 Å². The molecule has 0 unspecified atom stereocenters. The van der Waals surface area contributed by atoms with Gasteiger partial charge in [-0.05, 0) is 11.5 Å². The number of oxazole rings is 1. The second kappa shape index (κ2) is 3.77. The van der Waals surface area contributed by atoms with E-state index in [0.717, 1.165) is 11.3 Å². The van der Waals surface area contributed by atoms with Crippen molar-refractivity contribution in [1.82, 2.24) is 4.98 Å². The maximum Gasteiger partial charge on any atom is 0.292 e. The van der Waals surface area contributed by atoms with E-state index in [1.165, 1.54) is 5.56 Å². The fraction of sp³-hybridized carbons (Fsp3) is 0.250. The van der Waals surface area contributed by atoms with Gasteiger partial charge in [0, 0.05) is 5.56 Å². The summed E-state index contributed by atoms with van der Waals surface area (Å²) in [7, 11) is 0. The van der Waals surface area contributed by atoms with Crippen LogP contribution in [-0.2, 0) is 0 Å². The molecule has 78 valence electrons. The third-order valence-corrected chi connectivity index (χ3v) is 2.37. The second-order valence-electron chi connectivity index (χ2n) is 3.80. The topological polar surface area (TPSA) is 52.0 Å². The van der Waals surface area contributed by atoms with Crippen LogP contribution in [0.1, 0.15) is 25.3 Å². The Bertz CT molecular complexity index is 460. The molecular weight excluding hydrogens is 188 g/mol. The number of aromatic nitrogens is 1. The molecule has 0 aliphatic carbocycles. The van der Waals surface area contributed by atoms with Crippen LogP contribution in [-0.4, -0.2) is 4.98 Å². The zero-order valence-corrected chi connectivity index (χ0v) is 8.90. The van der Waals surface area contributed by atoms with Crippen molar-refractivity contribution in [1.29, 1.82) is 0 Å². The highest BCUT2D eigenvalue weighted by Crippen LogP contribution is 2.29. The maximum absolute atomic E-state index is 5.46. The van der Waals surface area contributed by atoms with E-state index in [9.17, 15) is 0 Å². The standard InChI is InChI=1S/C12H14N2O/c1-8(2)9-5-3-4-6-10(9)11-7-14-12(13)15-11/h3-8H,1-2H3,(H2,13,14). The van der Waals surface area contributed by atoms with E-state index in [0.29, 0.717) is 5.92 Å². The molecule has 2 rings (SSSR count). The summed E-state index contributed by atoms with van der Waals surface area (Å²) in [5.41, 5.74) is 7.77. The number of nitrogen functional groups attached to an aromatic ring is 1. The molecule has 1 aromatic carbocycles. The van der Waals surface area contributed by atoms with Gasteiger partial charge in [-0.2, -0.15) is 0 Å². The molecule has 3 nitrogen and oxygen atoms in total. The molecule has 2 N–H and O–H groups in total. The van der Waals surface area contributed by atoms with Crippen LogP contribution in [0, 0.1) is 0 Å². The average Bonchev–Trinajstić information content (AvgIpc) is 2.65. The predicted molar refractivity (Wildman–Crippen MR) is 60.4 cm³/mol. The summed E-state index contributed by atoms with van der Waals surface area (Å²) in [5.74, 6) is 1.18. The highest BCUT2D eigenvalue weighted by atomic mass is 16.4. The molecule has 0 bridgehead atoms. The highest BCUT2D eigenvalue weighted by molar-refractivity contribution is 5.62. The quantitative estimate of drug-likeness (QED) is 0.814. The van der Waals surface area contributed by atoms with Crippen molar-refractivity contribution in [3.05, 3.63) is 36.0 Å². The van der Waals surface area contributed by atoms with E-state index in [1.54, 1.807) is 6.20 Å². The molecule has 0 spiro atoms. The lowest BCUT2D eigenvalue weighted by Gasteiger charge is -2.09. The van der Waals surface area contributed by atoms with E-state index in [-0.39, 0.29) is 6.01 Å². The summed E-state index contributed by atoms with van der Waals surface area (Å²) in [5, 5.41) is 0. The summed E-state index contributed by atoms with van der Waals surface area (Å²) in [6.45, 7) is 4.30. The van der Waals surface area contributed by atoms with E-state index in [2.05, 4.69) is 24.9 Å². The molecule has 3 heteroatoms. The minimum Gasteiger partial charge on any atom is -0.424 e. The molecule has 1 heterocycles. The molecule has 2 aromatic rings. The first-order valence-electron chi connectivity index (χ1n) is 4.99. The fourth-order valence-corrected chi connectivity index (χ4v) is 1.64. The van der Waals surface area contributed by atoms with Crippen LogP contribution >= 0.6 is 0 Å². The lowest BCUT2D eigenvalue weighted by Crippen LogP contribution is -1.90. The van der Waals surface area contributed by atoms with Gasteiger partial charge in [0.1, 0.15) is 0 Å². The van der Waals surface area contributed by atoms with Gasteiger partial charge in [0.2, 0.25) is 0 Å². The number of benzene rings is 1. The Balaban J connectivity index is 2.52. The number of hydrogen-bond acceptors (Lipinski definition) is 3. The molecular formula is C12H14N2O. The first-order chi connectivity index (χ1) is 7.18. The Hall–Kier alpha value is -1.77. The zero-order chi connectivity index (χ0) is 10.8. The van der Waals surface area contributed by atoms with Crippen molar-refractivity contribution >= 4 is 6.01 Å². The summed E-state index contributed by atoms with van der Waals surface area (Å²) in [6.07, 6.45) is 1.66. The third-order valence-electron chi connectivity index (χ3n) is 2.37. The first kappa shape index (κ1) is 9.77. The zero-order valence-electron chi connectivity index (χ0n) is 8.90. The number of nitrogens with zero attached hydrogens (tertiary/aromatic N) is 1.